The molecule has 0 spiro atoms. The highest BCUT2D eigenvalue weighted by Gasteiger charge is 2.09. The van der Waals surface area contributed by atoms with E-state index in [9.17, 15) is 4.39 Å². The first-order chi connectivity index (χ1) is 8.61. The molecule has 0 aromatic heterocycles. The van der Waals surface area contributed by atoms with Crippen LogP contribution in [-0.4, -0.2) is 14.2 Å². The van der Waals surface area contributed by atoms with Gasteiger partial charge >= 0.3 is 0 Å². The van der Waals surface area contributed by atoms with Crippen LogP contribution in [0.2, 0.25) is 0 Å². The Morgan fingerprint density at radius 2 is 1.78 bits per heavy atom. The van der Waals surface area contributed by atoms with Crippen LogP contribution in [0.3, 0.4) is 0 Å². The summed E-state index contributed by atoms with van der Waals surface area (Å²) in [6.07, 6.45) is 0. The molecule has 0 aliphatic carbocycles. The molecule has 2 N–H and O–H groups in total. The lowest BCUT2D eigenvalue weighted by molar-refractivity contribution is 0.415. The molecule has 4 heteroatoms. The lowest BCUT2D eigenvalue weighted by atomic mass is 10.2. The number of rotatable bonds is 3. The van der Waals surface area contributed by atoms with Gasteiger partial charge in [-0.1, -0.05) is 0 Å². The minimum absolute atomic E-state index is 0.259. The predicted octanol–water partition coefficient (Wildman–Crippen LogP) is 3.18. The molecule has 3 nitrogen and oxygen atoms in total. The number of ether oxygens (including phenoxy) is 1. The molecule has 0 fully saturated rings. The molecule has 0 heterocycles. The maximum absolute atomic E-state index is 12.9. The molecular formula is C14H15FN2O. The van der Waals surface area contributed by atoms with Gasteiger partial charge in [-0.3, -0.25) is 0 Å². The van der Waals surface area contributed by atoms with Crippen LogP contribution >= 0.6 is 0 Å². The highest BCUT2D eigenvalue weighted by molar-refractivity contribution is 5.75. The first-order valence-electron chi connectivity index (χ1n) is 5.54. The van der Waals surface area contributed by atoms with Crippen molar-refractivity contribution in [2.45, 2.75) is 0 Å². The lowest BCUT2D eigenvalue weighted by Gasteiger charge is -2.21. The van der Waals surface area contributed by atoms with Gasteiger partial charge in [0.05, 0.1) is 18.5 Å². The van der Waals surface area contributed by atoms with E-state index in [0.717, 1.165) is 17.1 Å². The summed E-state index contributed by atoms with van der Waals surface area (Å²) < 4.78 is 18.1. The van der Waals surface area contributed by atoms with E-state index < -0.39 is 0 Å². The largest absolute Gasteiger partial charge is 0.497 e. The Morgan fingerprint density at radius 3 is 2.39 bits per heavy atom. The molecule has 0 saturated heterocycles. The average Bonchev–Trinajstić information content (AvgIpc) is 2.39. The number of hydrogen-bond acceptors (Lipinski definition) is 3. The predicted molar refractivity (Wildman–Crippen MR) is 71.9 cm³/mol. The second-order valence-electron chi connectivity index (χ2n) is 3.96. The van der Waals surface area contributed by atoms with Crippen molar-refractivity contribution in [3.63, 3.8) is 0 Å². The fourth-order valence-corrected chi connectivity index (χ4v) is 1.74. The van der Waals surface area contributed by atoms with E-state index >= 15 is 0 Å². The van der Waals surface area contributed by atoms with E-state index in [4.69, 9.17) is 10.5 Å². The van der Waals surface area contributed by atoms with E-state index in [1.54, 1.807) is 31.4 Å². The highest BCUT2D eigenvalue weighted by Crippen LogP contribution is 2.32. The van der Waals surface area contributed by atoms with E-state index in [2.05, 4.69) is 0 Å². The third-order valence-electron chi connectivity index (χ3n) is 2.81. The van der Waals surface area contributed by atoms with Crippen LogP contribution < -0.4 is 15.4 Å². The molecule has 0 bridgehead atoms. The van der Waals surface area contributed by atoms with Gasteiger partial charge in [0.15, 0.2) is 0 Å². The van der Waals surface area contributed by atoms with Gasteiger partial charge in [0.2, 0.25) is 0 Å². The van der Waals surface area contributed by atoms with Crippen molar-refractivity contribution in [3.8, 4) is 5.75 Å². The van der Waals surface area contributed by atoms with Crippen LogP contribution in [0.1, 0.15) is 0 Å². The van der Waals surface area contributed by atoms with Gasteiger partial charge in [-0.15, -0.1) is 0 Å². The van der Waals surface area contributed by atoms with Gasteiger partial charge < -0.3 is 15.4 Å². The normalized spacial score (nSPS) is 10.2. The number of nitrogens with two attached hydrogens (primary N) is 1. The first-order valence-corrected chi connectivity index (χ1v) is 5.54. The SMILES string of the molecule is COc1ccc(N)c(N(C)c2ccc(F)cc2)c1. The molecule has 18 heavy (non-hydrogen) atoms. The van der Waals surface area contributed by atoms with Crippen LogP contribution in [-0.2, 0) is 0 Å². The molecule has 0 aliphatic heterocycles. The van der Waals surface area contributed by atoms with Gasteiger partial charge in [-0.2, -0.15) is 0 Å². The Bertz CT molecular complexity index is 540. The standard InChI is InChI=1S/C14H15FN2O/c1-17(11-5-3-10(15)4-6-11)14-9-12(18-2)7-8-13(14)16/h3-9H,16H2,1-2H3. The quantitative estimate of drug-likeness (QED) is 0.845. The van der Waals surface area contributed by atoms with Gasteiger partial charge in [-0.25, -0.2) is 4.39 Å². The third-order valence-corrected chi connectivity index (χ3v) is 2.81. The lowest BCUT2D eigenvalue weighted by Crippen LogP contribution is -2.11. The van der Waals surface area contributed by atoms with Crippen LogP contribution in [0.5, 0.6) is 5.75 Å². The molecule has 0 atom stereocenters. The van der Waals surface area contributed by atoms with E-state index in [0.29, 0.717) is 5.69 Å². The molecule has 0 unspecified atom stereocenters. The van der Waals surface area contributed by atoms with Crippen LogP contribution in [0.15, 0.2) is 42.5 Å². The minimum Gasteiger partial charge on any atom is -0.497 e. The molecule has 2 aromatic carbocycles. The fourth-order valence-electron chi connectivity index (χ4n) is 1.74. The zero-order chi connectivity index (χ0) is 13.1. The molecular weight excluding hydrogens is 231 g/mol. The van der Waals surface area contributed by atoms with Crippen molar-refractivity contribution in [3.05, 3.63) is 48.3 Å². The summed E-state index contributed by atoms with van der Waals surface area (Å²) in [5.74, 6) is 0.471. The summed E-state index contributed by atoms with van der Waals surface area (Å²) in [6, 6.07) is 11.7. The molecule has 0 amide bonds. The number of nitrogens with zero attached hydrogens (tertiary/aromatic N) is 1. The van der Waals surface area contributed by atoms with E-state index in [1.165, 1.54) is 12.1 Å². The number of methoxy groups -OCH3 is 1. The monoisotopic (exact) mass is 246 g/mol. The van der Waals surface area contributed by atoms with Crippen molar-refractivity contribution in [1.29, 1.82) is 0 Å². The Kier molecular flexibility index (Phi) is 3.37. The number of hydrogen-bond donors (Lipinski definition) is 1. The van der Waals surface area contributed by atoms with Crippen LogP contribution in [0.4, 0.5) is 21.5 Å². The summed E-state index contributed by atoms with van der Waals surface area (Å²) >= 11 is 0. The highest BCUT2D eigenvalue weighted by atomic mass is 19.1. The first kappa shape index (κ1) is 12.2. The Balaban J connectivity index is 2.38. The zero-order valence-corrected chi connectivity index (χ0v) is 10.4. The molecule has 0 radical (unpaired) electrons. The Hall–Kier alpha value is -2.23. The molecule has 0 aliphatic rings. The Labute approximate surface area is 106 Å². The third kappa shape index (κ3) is 2.37. The maximum atomic E-state index is 12.9. The van der Waals surface area contributed by atoms with Gasteiger partial charge in [0.25, 0.3) is 0 Å². The summed E-state index contributed by atoms with van der Waals surface area (Å²) in [7, 11) is 3.48. The van der Waals surface area contributed by atoms with Crippen molar-refractivity contribution < 1.29 is 9.13 Å². The number of halogens is 1. The molecule has 0 saturated carbocycles. The van der Waals surface area contributed by atoms with Crippen LogP contribution in [0, 0.1) is 5.82 Å². The fraction of sp³-hybridized carbons (Fsp3) is 0.143. The second kappa shape index (κ2) is 4.96. The van der Waals surface area contributed by atoms with Crippen molar-refractivity contribution in [1.82, 2.24) is 0 Å². The van der Waals surface area contributed by atoms with Crippen molar-refractivity contribution in [2.75, 3.05) is 24.8 Å². The van der Waals surface area contributed by atoms with E-state index in [1.807, 2.05) is 18.0 Å². The maximum Gasteiger partial charge on any atom is 0.123 e. The van der Waals surface area contributed by atoms with Gasteiger partial charge in [0, 0.05) is 18.8 Å². The van der Waals surface area contributed by atoms with Crippen LogP contribution in [0.25, 0.3) is 0 Å². The number of nitrogen functional groups attached to an aromatic ring is 1. The summed E-state index contributed by atoms with van der Waals surface area (Å²) in [6.45, 7) is 0. The molecule has 94 valence electrons. The minimum atomic E-state index is -0.259. The number of anilines is 3. The van der Waals surface area contributed by atoms with Gasteiger partial charge in [0.1, 0.15) is 11.6 Å². The number of benzene rings is 2. The Morgan fingerprint density at radius 1 is 1.11 bits per heavy atom. The van der Waals surface area contributed by atoms with Gasteiger partial charge in [-0.05, 0) is 36.4 Å². The second-order valence-corrected chi connectivity index (χ2v) is 3.96. The summed E-state index contributed by atoms with van der Waals surface area (Å²) in [5, 5.41) is 0. The van der Waals surface area contributed by atoms with E-state index in [-0.39, 0.29) is 5.82 Å². The average molecular weight is 246 g/mol. The van der Waals surface area contributed by atoms with Crippen molar-refractivity contribution >= 4 is 17.1 Å². The summed E-state index contributed by atoms with van der Waals surface area (Å²) in [5.41, 5.74) is 8.26. The topological polar surface area (TPSA) is 38.5 Å². The zero-order valence-electron chi connectivity index (χ0n) is 10.4. The smallest absolute Gasteiger partial charge is 0.123 e. The summed E-state index contributed by atoms with van der Waals surface area (Å²) in [4.78, 5) is 1.89. The van der Waals surface area contributed by atoms with Crippen molar-refractivity contribution in [2.24, 2.45) is 0 Å². The molecule has 2 rings (SSSR count). The molecule has 2 aromatic rings.